The lowest BCUT2D eigenvalue weighted by molar-refractivity contribution is -0.136. The van der Waals surface area contributed by atoms with Crippen molar-refractivity contribution in [3.8, 4) is 0 Å². The van der Waals surface area contributed by atoms with E-state index in [4.69, 9.17) is 5.11 Å². The van der Waals surface area contributed by atoms with E-state index in [0.29, 0.717) is 0 Å². The Morgan fingerprint density at radius 3 is 1.86 bits per heavy atom. The maximum atomic E-state index is 9.37. The maximum absolute atomic E-state index is 9.37. The van der Waals surface area contributed by atoms with E-state index in [-0.39, 0.29) is 6.42 Å². The van der Waals surface area contributed by atoms with Gasteiger partial charge in [-0.15, -0.1) is 0 Å². The van der Waals surface area contributed by atoms with Crippen LogP contribution in [0.15, 0.2) is 0 Å². The molecule has 0 heterocycles. The van der Waals surface area contributed by atoms with Crippen molar-refractivity contribution in [1.29, 1.82) is 0 Å². The van der Waals surface area contributed by atoms with Crippen molar-refractivity contribution in [2.75, 3.05) is 0 Å². The molecular formula is C4H11BO2. The number of carboxylic acid groups (broad SMARTS) is 1. The van der Waals surface area contributed by atoms with Crippen LogP contribution >= 0.6 is 0 Å². The molecule has 0 aromatic carbocycles. The summed E-state index contributed by atoms with van der Waals surface area (Å²) < 4.78 is 0. The van der Waals surface area contributed by atoms with Crippen molar-refractivity contribution in [3.05, 3.63) is 0 Å². The van der Waals surface area contributed by atoms with Crippen molar-refractivity contribution in [1.82, 2.24) is 0 Å². The van der Waals surface area contributed by atoms with Crippen LogP contribution in [0, 0.1) is 0 Å². The van der Waals surface area contributed by atoms with Crippen LogP contribution in [0.4, 0.5) is 0 Å². The fourth-order valence-corrected chi connectivity index (χ4v) is 0. The highest BCUT2D eigenvalue weighted by Gasteiger charge is 1.80. The molecule has 1 N–H and O–H groups in total. The van der Waals surface area contributed by atoms with Crippen molar-refractivity contribution in [2.24, 2.45) is 0 Å². The van der Waals surface area contributed by atoms with E-state index < -0.39 is 5.97 Å². The highest BCUT2D eigenvalue weighted by atomic mass is 16.4. The smallest absolute Gasteiger partial charge is 0.303 e. The van der Waals surface area contributed by atoms with Gasteiger partial charge in [0.25, 0.3) is 0 Å². The largest absolute Gasteiger partial charge is 0.481 e. The first-order valence-corrected chi connectivity index (χ1v) is 2.49. The van der Waals surface area contributed by atoms with Crippen LogP contribution in [-0.2, 0) is 4.79 Å². The van der Waals surface area contributed by atoms with Crippen LogP contribution in [0.25, 0.3) is 0 Å². The summed E-state index contributed by atoms with van der Waals surface area (Å²) in [5, 5.41) is 7.72. The van der Waals surface area contributed by atoms with Gasteiger partial charge in [0, 0.05) is 6.42 Å². The molecule has 0 aromatic rings. The van der Waals surface area contributed by atoms with Crippen LogP contribution < -0.4 is 0 Å². The predicted octanol–water partition coefficient (Wildman–Crippen LogP) is 0.149. The Bertz CT molecular complexity index is 45.0. The van der Waals surface area contributed by atoms with E-state index in [9.17, 15) is 4.79 Å². The molecule has 7 heavy (non-hydrogen) atoms. The van der Waals surface area contributed by atoms with Gasteiger partial charge in [-0.2, -0.15) is 0 Å². The zero-order valence-corrected chi connectivity index (χ0v) is 5.06. The predicted molar refractivity (Wildman–Crippen MR) is 32.3 cm³/mol. The molecule has 0 aliphatic rings. The molecule has 0 aliphatic carbocycles. The lowest BCUT2D eigenvalue weighted by Gasteiger charge is -1.71. The number of carbonyl (C=O) groups is 1. The van der Waals surface area contributed by atoms with E-state index in [1.807, 2.05) is 14.7 Å². The molecule has 0 saturated heterocycles. The Labute approximate surface area is 44.9 Å². The first-order valence-electron chi connectivity index (χ1n) is 2.49. The molecule has 3 heteroatoms. The third kappa shape index (κ3) is 29.4. The second kappa shape index (κ2) is 9.11. The van der Waals surface area contributed by atoms with Gasteiger partial charge in [0.05, 0.1) is 7.85 Å². The third-order valence-electron chi connectivity index (χ3n) is 0.302. The Hall–Kier alpha value is -0.465. The standard InChI is InChI=1S/C3H6O2.CH5B/c1-2-3(4)5;1-2/h2H2,1H3,(H,4,5);2H2,1H3. The number of hydrogen-bond donors (Lipinski definition) is 1. The molecule has 0 atom stereocenters. The summed E-state index contributed by atoms with van der Waals surface area (Å²) in [6.07, 6.45) is 0.222. The van der Waals surface area contributed by atoms with E-state index in [0.717, 1.165) is 0 Å². The summed E-state index contributed by atoms with van der Waals surface area (Å²) in [6, 6.07) is 0. The first kappa shape index (κ1) is 9.73. The zero-order chi connectivity index (χ0) is 6.28. The summed E-state index contributed by atoms with van der Waals surface area (Å²) in [6.45, 7) is 3.60. The molecule has 0 radical (unpaired) electrons. The van der Waals surface area contributed by atoms with Gasteiger partial charge < -0.3 is 5.11 Å². The van der Waals surface area contributed by atoms with Crippen LogP contribution in [-0.4, -0.2) is 18.9 Å². The van der Waals surface area contributed by atoms with Gasteiger partial charge in [0.15, 0.2) is 0 Å². The molecule has 2 nitrogen and oxygen atoms in total. The second-order valence-electron chi connectivity index (χ2n) is 0.747. The Kier molecular flexibility index (Phi) is 12.7. The van der Waals surface area contributed by atoms with Gasteiger partial charge in [0.2, 0.25) is 0 Å². The molecule has 0 fully saturated rings. The van der Waals surface area contributed by atoms with E-state index in [2.05, 4.69) is 0 Å². The minimum atomic E-state index is -0.745. The minimum Gasteiger partial charge on any atom is -0.481 e. The van der Waals surface area contributed by atoms with Gasteiger partial charge in [-0.1, -0.05) is 13.7 Å². The summed E-state index contributed by atoms with van der Waals surface area (Å²) in [4.78, 5) is 9.37. The summed E-state index contributed by atoms with van der Waals surface area (Å²) in [5.41, 5.74) is 0. The topological polar surface area (TPSA) is 37.3 Å². The fourth-order valence-electron chi connectivity index (χ4n) is 0. The van der Waals surface area contributed by atoms with E-state index in [1.54, 1.807) is 6.92 Å². The number of rotatable bonds is 1. The minimum absolute atomic E-state index is 0.222. The van der Waals surface area contributed by atoms with Crippen LogP contribution in [0.5, 0.6) is 0 Å². The lowest BCUT2D eigenvalue weighted by atomic mass is 10.2. The average Bonchev–Trinajstić information content (AvgIpc) is 1.73. The fraction of sp³-hybridized carbons (Fsp3) is 0.750. The molecule has 0 rings (SSSR count). The van der Waals surface area contributed by atoms with Crippen molar-refractivity contribution >= 4 is 13.8 Å². The Balaban J connectivity index is 0. The zero-order valence-electron chi connectivity index (χ0n) is 5.06. The molecule has 0 unspecified atom stereocenters. The number of hydrogen-bond acceptors (Lipinski definition) is 1. The molecule has 0 spiro atoms. The van der Waals surface area contributed by atoms with Gasteiger partial charge in [-0.25, -0.2) is 0 Å². The van der Waals surface area contributed by atoms with Crippen LogP contribution in [0.3, 0.4) is 0 Å². The summed E-state index contributed by atoms with van der Waals surface area (Å²) >= 11 is 0. The van der Waals surface area contributed by atoms with Gasteiger partial charge in [0.1, 0.15) is 0 Å². The lowest BCUT2D eigenvalue weighted by Crippen LogP contribution is -1.86. The molecule has 0 saturated carbocycles. The summed E-state index contributed by atoms with van der Waals surface area (Å²) in [7, 11) is 2.00. The third-order valence-corrected chi connectivity index (χ3v) is 0.302. The molecule has 0 amide bonds. The molecular weight excluding hydrogens is 90.9 g/mol. The number of carboxylic acids is 1. The molecule has 0 aliphatic heterocycles. The average molecular weight is 102 g/mol. The van der Waals surface area contributed by atoms with Gasteiger partial charge >= 0.3 is 5.97 Å². The van der Waals surface area contributed by atoms with Crippen molar-refractivity contribution in [3.63, 3.8) is 0 Å². The van der Waals surface area contributed by atoms with Gasteiger partial charge in [-0.05, 0) is 0 Å². The monoisotopic (exact) mass is 102 g/mol. The van der Waals surface area contributed by atoms with Gasteiger partial charge in [-0.3, -0.25) is 4.79 Å². The Morgan fingerprint density at radius 2 is 1.86 bits per heavy atom. The van der Waals surface area contributed by atoms with Crippen LogP contribution in [0.1, 0.15) is 13.3 Å². The molecule has 42 valence electrons. The highest BCUT2D eigenvalue weighted by molar-refractivity contribution is 6.05. The first-order chi connectivity index (χ1) is 3.27. The normalized spacial score (nSPS) is 6.00. The van der Waals surface area contributed by atoms with E-state index >= 15 is 0 Å². The number of aliphatic carboxylic acids is 1. The summed E-state index contributed by atoms with van der Waals surface area (Å²) in [5.74, 6) is -0.745. The maximum Gasteiger partial charge on any atom is 0.303 e. The SMILES string of the molecule is BC.CCC(=O)O. The van der Waals surface area contributed by atoms with E-state index in [1.165, 1.54) is 0 Å². The molecule has 0 aromatic heterocycles. The highest BCUT2D eigenvalue weighted by Crippen LogP contribution is 1.67. The van der Waals surface area contributed by atoms with Crippen molar-refractivity contribution < 1.29 is 9.90 Å². The van der Waals surface area contributed by atoms with Crippen molar-refractivity contribution in [2.45, 2.75) is 20.2 Å². The van der Waals surface area contributed by atoms with Crippen LogP contribution in [0.2, 0.25) is 6.82 Å². The second-order valence-corrected chi connectivity index (χ2v) is 0.747. The Morgan fingerprint density at radius 1 is 1.71 bits per heavy atom. The molecule has 0 bridgehead atoms. The quantitative estimate of drug-likeness (QED) is 0.478.